The quantitative estimate of drug-likeness (QED) is 0.175. The third-order valence-electron chi connectivity index (χ3n) is 10.1. The van der Waals surface area contributed by atoms with Crippen molar-refractivity contribution in [2.45, 2.75) is 66.8 Å². The maximum Gasteiger partial charge on any atom is 0.446 e. The van der Waals surface area contributed by atoms with E-state index in [9.17, 15) is 22.7 Å². The number of anilines is 1. The average Bonchev–Trinajstić information content (AvgIpc) is 3.53. The van der Waals surface area contributed by atoms with Crippen molar-refractivity contribution in [3.8, 4) is 28.9 Å². The fourth-order valence-electron chi connectivity index (χ4n) is 8.04. The van der Waals surface area contributed by atoms with E-state index in [2.05, 4.69) is 20.2 Å². The second-order valence-electron chi connectivity index (χ2n) is 13.1. The molecule has 2 aromatic carbocycles. The van der Waals surface area contributed by atoms with Gasteiger partial charge in [0.05, 0.1) is 16.5 Å². The van der Waals surface area contributed by atoms with Gasteiger partial charge in [-0.1, -0.05) is 13.0 Å². The number of thioether (sulfide) groups is 1. The second-order valence-corrected chi connectivity index (χ2v) is 14.1. The Bertz CT molecular complexity index is 1970. The van der Waals surface area contributed by atoms with E-state index in [0.717, 1.165) is 37.9 Å². The van der Waals surface area contributed by atoms with Crippen molar-refractivity contribution in [1.82, 2.24) is 25.2 Å². The van der Waals surface area contributed by atoms with E-state index >= 15 is 8.78 Å². The van der Waals surface area contributed by atoms with Gasteiger partial charge in [-0.15, -0.1) is 0 Å². The number of fused-ring (bicyclic) bond motifs is 4. The normalized spacial score (nSPS) is 25.4. The van der Waals surface area contributed by atoms with Crippen LogP contribution in [0.2, 0.25) is 0 Å². The van der Waals surface area contributed by atoms with Crippen molar-refractivity contribution in [2.75, 3.05) is 44.3 Å². The summed E-state index contributed by atoms with van der Waals surface area (Å²) in [6.07, 6.45) is 1.66. The number of halogens is 6. The predicted octanol–water partition coefficient (Wildman–Crippen LogP) is 6.35. The molecule has 3 saturated heterocycles. The van der Waals surface area contributed by atoms with Crippen molar-refractivity contribution >= 4 is 39.3 Å². The molecule has 0 saturated carbocycles. The highest BCUT2D eigenvalue weighted by Gasteiger charge is 2.49. The number of benzene rings is 2. The number of hydrogen-bond acceptors (Lipinski definition) is 10. The third kappa shape index (κ3) is 5.55. The van der Waals surface area contributed by atoms with Gasteiger partial charge in [0.15, 0.2) is 5.82 Å². The molecule has 0 spiro atoms. The summed E-state index contributed by atoms with van der Waals surface area (Å²) in [5, 5.41) is 14.0. The fraction of sp³-hybridized carbons (Fsp3) is 0.485. The summed E-state index contributed by atoms with van der Waals surface area (Å²) >= 11 is -0.676. The second kappa shape index (κ2) is 11.9. The molecule has 0 amide bonds. The standard InChI is InChI=1S/C33H32F6N6O3S/c1-2-21-22-14-47-30-24-27(25(36)26(41-30)19-11-18(46)10-16-4-5-20(35)28(23(16)19)49-33(37,38)39)42-31(43-29(24)45(22)9-7-40-21)48-15-32-6-3-8-44(32)13-17(34)12-32/h4-5,10-11,17,21-22,40,46H,2-3,6-9,12-15H2,1H3/t17-,21+,22-,32+/m1/s1. The van der Waals surface area contributed by atoms with E-state index in [1.54, 1.807) is 0 Å². The molecule has 3 fully saturated rings. The number of ether oxygens (including phenoxy) is 2. The van der Waals surface area contributed by atoms with Crippen LogP contribution < -0.4 is 19.7 Å². The SMILES string of the molecule is CC[C@@H]1NCCN2c3nc(OC[C@@]45CCCN4C[C@H](F)C5)nc4c(F)c(-c5cc(O)cc6ccc(F)c(SC(F)(F)F)c56)nc(c34)OC[C@H]12. The molecule has 9 nitrogen and oxygen atoms in total. The lowest BCUT2D eigenvalue weighted by Gasteiger charge is -2.41. The lowest BCUT2D eigenvalue weighted by atomic mass is 9.95. The minimum atomic E-state index is -4.87. The van der Waals surface area contributed by atoms with E-state index < -0.39 is 57.0 Å². The van der Waals surface area contributed by atoms with E-state index in [-0.39, 0.29) is 64.4 Å². The number of phenols is 1. The average molecular weight is 707 g/mol. The number of nitrogens with zero attached hydrogens (tertiary/aromatic N) is 5. The van der Waals surface area contributed by atoms with Crippen LogP contribution in [0.1, 0.15) is 32.6 Å². The molecule has 16 heteroatoms. The topological polar surface area (TPSA) is 95.9 Å². The van der Waals surface area contributed by atoms with E-state index in [4.69, 9.17) is 14.5 Å². The van der Waals surface area contributed by atoms with Gasteiger partial charge in [0.2, 0.25) is 5.88 Å². The maximum atomic E-state index is 17.0. The number of aromatic hydroxyl groups is 1. The summed E-state index contributed by atoms with van der Waals surface area (Å²) in [5.41, 5.74) is -6.44. The largest absolute Gasteiger partial charge is 0.508 e. The summed E-state index contributed by atoms with van der Waals surface area (Å²) in [4.78, 5) is 17.0. The highest BCUT2D eigenvalue weighted by molar-refractivity contribution is 8.00. The molecule has 0 bridgehead atoms. The summed E-state index contributed by atoms with van der Waals surface area (Å²) in [7, 11) is 0. The number of alkyl halides is 4. The molecule has 4 aliphatic heterocycles. The Kier molecular flexibility index (Phi) is 7.90. The summed E-state index contributed by atoms with van der Waals surface area (Å²) in [5.74, 6) is -2.34. The first-order chi connectivity index (χ1) is 23.4. The van der Waals surface area contributed by atoms with Crippen molar-refractivity contribution in [1.29, 1.82) is 0 Å². The Hall–Kier alpha value is -3.76. The number of nitrogens with one attached hydrogen (secondary N) is 1. The molecule has 2 aromatic heterocycles. The zero-order valence-corrected chi connectivity index (χ0v) is 27.1. The van der Waals surface area contributed by atoms with Crippen LogP contribution in [-0.2, 0) is 0 Å². The highest BCUT2D eigenvalue weighted by Crippen LogP contribution is 2.48. The predicted molar refractivity (Wildman–Crippen MR) is 171 cm³/mol. The van der Waals surface area contributed by atoms with Gasteiger partial charge in [0, 0.05) is 43.0 Å². The molecule has 2 N–H and O–H groups in total. The Morgan fingerprint density at radius 1 is 1.14 bits per heavy atom. The van der Waals surface area contributed by atoms with Crippen molar-refractivity contribution < 1.29 is 40.9 Å². The van der Waals surface area contributed by atoms with Crippen LogP contribution in [0.15, 0.2) is 29.2 Å². The van der Waals surface area contributed by atoms with Gasteiger partial charge in [0.1, 0.15) is 53.4 Å². The molecule has 4 aliphatic rings. The number of phenolic OH excluding ortho intramolecular Hbond substituents is 1. The minimum absolute atomic E-state index is 0.0207. The van der Waals surface area contributed by atoms with Gasteiger partial charge in [-0.05, 0) is 61.2 Å². The van der Waals surface area contributed by atoms with Crippen molar-refractivity contribution in [3.63, 3.8) is 0 Å². The van der Waals surface area contributed by atoms with Crippen LogP contribution in [-0.4, -0.2) is 93.7 Å². The maximum absolute atomic E-state index is 17.0. The third-order valence-corrected chi connectivity index (χ3v) is 11.0. The molecular formula is C33H32F6N6O3S. The van der Waals surface area contributed by atoms with Crippen LogP contribution in [0.5, 0.6) is 17.6 Å². The van der Waals surface area contributed by atoms with E-state index in [1.165, 1.54) is 12.1 Å². The Balaban J connectivity index is 1.33. The van der Waals surface area contributed by atoms with Crippen molar-refractivity contribution in [3.05, 3.63) is 35.9 Å². The molecule has 260 valence electrons. The van der Waals surface area contributed by atoms with E-state index in [0.29, 0.717) is 31.9 Å². The molecule has 8 rings (SSSR count). The fourth-order valence-corrected chi connectivity index (χ4v) is 8.77. The Morgan fingerprint density at radius 2 is 1.98 bits per heavy atom. The summed E-state index contributed by atoms with van der Waals surface area (Å²) < 4.78 is 100. The van der Waals surface area contributed by atoms with Crippen molar-refractivity contribution in [2.24, 2.45) is 0 Å². The van der Waals surface area contributed by atoms with Gasteiger partial charge in [0.25, 0.3) is 0 Å². The Labute approximate surface area is 281 Å². The molecule has 4 atom stereocenters. The van der Waals surface area contributed by atoms with Gasteiger partial charge < -0.3 is 24.8 Å². The first-order valence-corrected chi connectivity index (χ1v) is 17.0. The first-order valence-electron chi connectivity index (χ1n) is 16.2. The smallest absolute Gasteiger partial charge is 0.446 e. The monoisotopic (exact) mass is 706 g/mol. The minimum Gasteiger partial charge on any atom is -0.508 e. The summed E-state index contributed by atoms with van der Waals surface area (Å²) in [6.45, 7) is 4.38. The number of hydrogen-bond donors (Lipinski definition) is 2. The van der Waals surface area contributed by atoms with E-state index in [1.807, 2.05) is 11.8 Å². The summed E-state index contributed by atoms with van der Waals surface area (Å²) in [6, 6.07) is 3.86. The van der Waals surface area contributed by atoms with Crippen LogP contribution in [0.3, 0.4) is 0 Å². The molecule has 49 heavy (non-hydrogen) atoms. The lowest BCUT2D eigenvalue weighted by molar-refractivity contribution is -0.0328. The molecule has 4 aromatic rings. The van der Waals surface area contributed by atoms with Gasteiger partial charge in [-0.25, -0.2) is 18.2 Å². The molecule has 0 unspecified atom stereocenters. The molecule has 0 radical (unpaired) electrons. The number of aromatic nitrogens is 3. The number of pyridine rings is 1. The van der Waals surface area contributed by atoms with Gasteiger partial charge in [-0.2, -0.15) is 23.1 Å². The highest BCUT2D eigenvalue weighted by atomic mass is 32.2. The first kappa shape index (κ1) is 32.4. The number of piperazine rings is 1. The van der Waals surface area contributed by atoms with Crippen LogP contribution in [0.25, 0.3) is 32.9 Å². The molecular weight excluding hydrogens is 674 g/mol. The molecule has 6 heterocycles. The van der Waals surface area contributed by atoms with Crippen LogP contribution in [0, 0.1) is 11.6 Å². The number of rotatable bonds is 6. The zero-order valence-electron chi connectivity index (χ0n) is 26.3. The van der Waals surface area contributed by atoms with Crippen LogP contribution in [0.4, 0.5) is 32.2 Å². The zero-order chi connectivity index (χ0) is 34.2. The van der Waals surface area contributed by atoms with Crippen LogP contribution >= 0.6 is 11.8 Å². The lowest BCUT2D eigenvalue weighted by Crippen LogP contribution is -2.60. The molecule has 0 aliphatic carbocycles. The Morgan fingerprint density at radius 3 is 2.78 bits per heavy atom. The van der Waals surface area contributed by atoms with Gasteiger partial charge in [-0.3, -0.25) is 4.90 Å². The van der Waals surface area contributed by atoms with Gasteiger partial charge >= 0.3 is 11.5 Å².